The second-order valence-corrected chi connectivity index (χ2v) is 6.35. The van der Waals surface area contributed by atoms with Crippen molar-refractivity contribution in [2.24, 2.45) is 0 Å². The van der Waals surface area contributed by atoms with Crippen LogP contribution < -0.4 is 10.1 Å². The first-order valence-corrected chi connectivity index (χ1v) is 8.07. The number of ether oxygens (including phenoxy) is 1. The molecule has 2 aromatic heterocycles. The van der Waals surface area contributed by atoms with Crippen molar-refractivity contribution in [3.05, 3.63) is 47.2 Å². The van der Waals surface area contributed by atoms with Gasteiger partial charge >= 0.3 is 0 Å². The number of thiazole rings is 1. The fraction of sp³-hybridized carbons (Fsp3) is 0.235. The minimum atomic E-state index is -0.235. The molecule has 0 fully saturated rings. The zero-order valence-electron chi connectivity index (χ0n) is 13.2. The fourth-order valence-electron chi connectivity index (χ4n) is 2.29. The summed E-state index contributed by atoms with van der Waals surface area (Å²) in [6.07, 6.45) is 0. The molecule has 1 aromatic carbocycles. The molecule has 5 nitrogen and oxygen atoms in total. The molecule has 3 aromatic rings. The van der Waals surface area contributed by atoms with Crippen molar-refractivity contribution < 1.29 is 9.53 Å². The van der Waals surface area contributed by atoms with Crippen LogP contribution in [0.15, 0.2) is 30.3 Å². The number of amides is 1. The maximum Gasteiger partial charge on any atom is 0.264 e. The van der Waals surface area contributed by atoms with Gasteiger partial charge in [-0.3, -0.25) is 10.1 Å². The van der Waals surface area contributed by atoms with Crippen LogP contribution in [-0.2, 0) is 4.79 Å². The molecule has 0 aliphatic heterocycles. The molecule has 0 bridgehead atoms. The first-order chi connectivity index (χ1) is 11.0. The lowest BCUT2D eigenvalue weighted by molar-refractivity contribution is -0.118. The van der Waals surface area contributed by atoms with Gasteiger partial charge in [0.05, 0.1) is 4.70 Å². The van der Waals surface area contributed by atoms with E-state index in [2.05, 4.69) is 15.3 Å². The number of anilines is 1. The Morgan fingerprint density at radius 3 is 2.74 bits per heavy atom. The van der Waals surface area contributed by atoms with Crippen LogP contribution in [0.2, 0.25) is 0 Å². The summed E-state index contributed by atoms with van der Waals surface area (Å²) in [6, 6.07) is 9.60. The lowest BCUT2D eigenvalue weighted by Gasteiger charge is -2.07. The van der Waals surface area contributed by atoms with Gasteiger partial charge in [0.25, 0.3) is 5.91 Å². The summed E-state index contributed by atoms with van der Waals surface area (Å²) < 4.78 is 6.53. The highest BCUT2D eigenvalue weighted by Crippen LogP contribution is 2.28. The first-order valence-electron chi connectivity index (χ1n) is 7.26. The molecule has 0 unspecified atom stereocenters. The molecule has 0 atom stereocenters. The maximum absolute atomic E-state index is 12.0. The van der Waals surface area contributed by atoms with Crippen LogP contribution >= 0.6 is 11.3 Å². The van der Waals surface area contributed by atoms with Crippen molar-refractivity contribution >= 4 is 32.7 Å². The van der Waals surface area contributed by atoms with Crippen molar-refractivity contribution in [1.82, 2.24) is 9.97 Å². The second-order valence-electron chi connectivity index (χ2n) is 5.35. The summed E-state index contributed by atoms with van der Waals surface area (Å²) >= 11 is 1.42. The molecule has 3 rings (SSSR count). The molecule has 23 heavy (non-hydrogen) atoms. The highest BCUT2D eigenvalue weighted by molar-refractivity contribution is 7.22. The van der Waals surface area contributed by atoms with Gasteiger partial charge in [-0.05, 0) is 44.0 Å². The van der Waals surface area contributed by atoms with Crippen molar-refractivity contribution in [1.29, 1.82) is 0 Å². The molecule has 0 aliphatic carbocycles. The molecule has 0 saturated carbocycles. The van der Waals surface area contributed by atoms with Gasteiger partial charge in [0.15, 0.2) is 17.4 Å². The van der Waals surface area contributed by atoms with Crippen LogP contribution in [0, 0.1) is 20.8 Å². The normalized spacial score (nSPS) is 10.7. The third kappa shape index (κ3) is 3.48. The van der Waals surface area contributed by atoms with Crippen LogP contribution in [0.25, 0.3) is 10.3 Å². The van der Waals surface area contributed by atoms with E-state index in [1.807, 2.05) is 51.1 Å². The number of carbonyl (C=O) groups is 1. The summed E-state index contributed by atoms with van der Waals surface area (Å²) in [6.45, 7) is 5.84. The lowest BCUT2D eigenvalue weighted by atomic mass is 10.2. The monoisotopic (exact) mass is 327 g/mol. The summed E-state index contributed by atoms with van der Waals surface area (Å²) in [5.41, 5.74) is 3.70. The van der Waals surface area contributed by atoms with Gasteiger partial charge in [0.1, 0.15) is 5.75 Å². The smallest absolute Gasteiger partial charge is 0.264 e. The number of aromatic nitrogens is 2. The van der Waals surface area contributed by atoms with Gasteiger partial charge in [0.2, 0.25) is 0 Å². The number of rotatable bonds is 4. The maximum atomic E-state index is 12.0. The van der Waals surface area contributed by atoms with Gasteiger partial charge in [-0.25, -0.2) is 4.98 Å². The number of hydrogen-bond acceptors (Lipinski definition) is 5. The number of nitrogens with one attached hydrogen (secondary N) is 1. The number of para-hydroxylation sites is 1. The van der Waals surface area contributed by atoms with Crippen LogP contribution in [0.1, 0.15) is 16.8 Å². The van der Waals surface area contributed by atoms with Gasteiger partial charge in [-0.1, -0.05) is 29.5 Å². The van der Waals surface area contributed by atoms with Crippen molar-refractivity contribution in [2.45, 2.75) is 20.8 Å². The Morgan fingerprint density at radius 2 is 1.96 bits per heavy atom. The zero-order chi connectivity index (χ0) is 16.4. The van der Waals surface area contributed by atoms with Gasteiger partial charge in [-0.15, -0.1) is 0 Å². The Hall–Kier alpha value is -2.47. The third-order valence-electron chi connectivity index (χ3n) is 3.37. The lowest BCUT2D eigenvalue weighted by Crippen LogP contribution is -2.20. The van der Waals surface area contributed by atoms with Crippen LogP contribution in [0.4, 0.5) is 5.13 Å². The number of benzene rings is 1. The van der Waals surface area contributed by atoms with Gasteiger partial charge in [0, 0.05) is 5.69 Å². The Kier molecular flexibility index (Phi) is 4.25. The summed E-state index contributed by atoms with van der Waals surface area (Å²) in [7, 11) is 0. The second kappa shape index (κ2) is 6.34. The Morgan fingerprint density at radius 1 is 1.17 bits per heavy atom. The molecule has 1 N–H and O–H groups in total. The molecule has 118 valence electrons. The van der Waals surface area contributed by atoms with E-state index in [-0.39, 0.29) is 12.5 Å². The molecule has 0 aliphatic rings. The zero-order valence-corrected chi connectivity index (χ0v) is 14.0. The van der Waals surface area contributed by atoms with E-state index >= 15 is 0 Å². The van der Waals surface area contributed by atoms with Crippen LogP contribution in [0.5, 0.6) is 5.75 Å². The summed E-state index contributed by atoms with van der Waals surface area (Å²) in [5.74, 6) is 0.474. The van der Waals surface area contributed by atoms with E-state index in [4.69, 9.17) is 4.74 Å². The van der Waals surface area contributed by atoms with Gasteiger partial charge in [-0.2, -0.15) is 4.98 Å². The standard InChI is InChI=1S/C17H17N3O2S/c1-10-6-4-5-7-13(10)22-9-14(21)19-17-20-16-15(23-17)11(2)8-12(3)18-16/h4-8H,9H2,1-3H3,(H,18,19,20,21). The van der Waals surface area contributed by atoms with E-state index < -0.39 is 0 Å². The molecule has 0 radical (unpaired) electrons. The number of nitrogens with zero attached hydrogens (tertiary/aromatic N) is 2. The van der Waals surface area contributed by atoms with Crippen LogP contribution in [0.3, 0.4) is 0 Å². The highest BCUT2D eigenvalue weighted by atomic mass is 32.1. The topological polar surface area (TPSA) is 64.1 Å². The Bertz CT molecular complexity index is 873. The highest BCUT2D eigenvalue weighted by Gasteiger charge is 2.11. The molecule has 0 saturated heterocycles. The number of carbonyl (C=O) groups excluding carboxylic acids is 1. The number of hydrogen-bond donors (Lipinski definition) is 1. The molecular weight excluding hydrogens is 310 g/mol. The minimum Gasteiger partial charge on any atom is -0.483 e. The van der Waals surface area contributed by atoms with E-state index in [1.54, 1.807) is 0 Å². The third-order valence-corrected chi connectivity index (χ3v) is 4.47. The van der Waals surface area contributed by atoms with E-state index in [1.165, 1.54) is 11.3 Å². The Labute approximate surface area is 138 Å². The fourth-order valence-corrected chi connectivity index (χ4v) is 3.19. The SMILES string of the molecule is Cc1cc(C)c2sc(NC(=O)COc3ccccc3C)nc2n1. The molecule has 1 amide bonds. The van der Waals surface area contributed by atoms with E-state index in [9.17, 15) is 4.79 Å². The average Bonchev–Trinajstić information content (AvgIpc) is 2.89. The van der Waals surface area contributed by atoms with Crippen molar-refractivity contribution in [2.75, 3.05) is 11.9 Å². The number of pyridine rings is 1. The molecule has 6 heteroatoms. The minimum absolute atomic E-state index is 0.0494. The molecule has 0 spiro atoms. The number of fused-ring (bicyclic) bond motifs is 1. The average molecular weight is 327 g/mol. The van der Waals surface area contributed by atoms with Crippen LogP contribution in [-0.4, -0.2) is 22.5 Å². The first kappa shape index (κ1) is 15.4. The summed E-state index contributed by atoms with van der Waals surface area (Å²) in [4.78, 5) is 20.8. The predicted octanol–water partition coefficient (Wildman–Crippen LogP) is 3.63. The quantitative estimate of drug-likeness (QED) is 0.794. The predicted molar refractivity (Wildman–Crippen MR) is 92.2 cm³/mol. The number of aryl methyl sites for hydroxylation is 3. The molecule has 2 heterocycles. The molecular formula is C17H17N3O2S. The van der Waals surface area contributed by atoms with Crippen molar-refractivity contribution in [3.8, 4) is 5.75 Å². The summed E-state index contributed by atoms with van der Waals surface area (Å²) in [5, 5.41) is 3.31. The van der Waals surface area contributed by atoms with Gasteiger partial charge < -0.3 is 4.74 Å². The van der Waals surface area contributed by atoms with E-state index in [0.717, 1.165) is 21.5 Å². The van der Waals surface area contributed by atoms with Crippen molar-refractivity contribution in [3.63, 3.8) is 0 Å². The van der Waals surface area contributed by atoms with E-state index in [0.29, 0.717) is 16.5 Å². The largest absolute Gasteiger partial charge is 0.483 e. The Balaban J connectivity index is 1.68.